The minimum Gasteiger partial charge on any atom is -0.396 e. The van der Waals surface area contributed by atoms with E-state index in [1.165, 1.54) is 0 Å². The summed E-state index contributed by atoms with van der Waals surface area (Å²) < 4.78 is 34.4. The summed E-state index contributed by atoms with van der Waals surface area (Å²) in [4.78, 5) is 0. The maximum absolute atomic E-state index is 11.5. The highest BCUT2D eigenvalue weighted by atomic mass is 35.5. The lowest BCUT2D eigenvalue weighted by Crippen LogP contribution is -2.27. The molecule has 0 amide bonds. The Kier molecular flexibility index (Phi) is 3.28. The molecule has 56 valence electrons. The van der Waals surface area contributed by atoms with E-state index in [0.29, 0.717) is 0 Å². The number of aliphatic hydroxyl groups is 1. The molecule has 0 aromatic carbocycles. The molecule has 5 heteroatoms. The zero-order chi connectivity index (χ0) is 7.49. The van der Waals surface area contributed by atoms with Gasteiger partial charge in [0.1, 0.15) is 0 Å². The van der Waals surface area contributed by atoms with Gasteiger partial charge in [-0.25, -0.2) is 0 Å². The highest BCUT2D eigenvalue weighted by Gasteiger charge is 2.38. The topological polar surface area (TPSA) is 20.2 Å². The second kappa shape index (κ2) is 3.27. The van der Waals surface area contributed by atoms with Crippen molar-refractivity contribution in [2.75, 3.05) is 12.5 Å². The van der Waals surface area contributed by atoms with Crippen molar-refractivity contribution in [3.63, 3.8) is 0 Å². The first-order valence-corrected chi connectivity index (χ1v) is 2.79. The summed E-state index contributed by atoms with van der Waals surface area (Å²) in [6.45, 7) is -0.938. The second-order valence-electron chi connectivity index (χ2n) is 1.58. The summed E-state index contributed by atoms with van der Waals surface area (Å²) in [5.74, 6) is -2.36. The average Bonchev–Trinajstić information content (AvgIpc) is 1.65. The van der Waals surface area contributed by atoms with Crippen molar-refractivity contribution in [1.29, 1.82) is 0 Å². The van der Waals surface area contributed by atoms with Crippen LogP contribution < -0.4 is 0 Å². The maximum atomic E-state index is 11.5. The van der Waals surface area contributed by atoms with Gasteiger partial charge in [0.2, 0.25) is 0 Å². The fourth-order valence-electron chi connectivity index (χ4n) is 0.240. The van der Waals surface area contributed by atoms with Crippen molar-refractivity contribution in [1.82, 2.24) is 0 Å². The standard InChI is InChI=1S/C4H6ClF3O/c5-1-3(2-9)4(6,7)8/h3,9H,1-2H2. The van der Waals surface area contributed by atoms with Crippen LogP contribution >= 0.6 is 11.6 Å². The minimum absolute atomic E-state index is 0.583. The van der Waals surface area contributed by atoms with Crippen LogP contribution in [0.15, 0.2) is 0 Å². The van der Waals surface area contributed by atoms with E-state index in [4.69, 9.17) is 16.7 Å². The van der Waals surface area contributed by atoms with Gasteiger partial charge in [0.15, 0.2) is 0 Å². The van der Waals surface area contributed by atoms with Gasteiger partial charge < -0.3 is 5.11 Å². The SMILES string of the molecule is OCC(CCl)C(F)(F)F. The van der Waals surface area contributed by atoms with Crippen LogP contribution in [0.25, 0.3) is 0 Å². The van der Waals surface area contributed by atoms with Crippen molar-refractivity contribution in [3.8, 4) is 0 Å². The average molecular weight is 163 g/mol. The van der Waals surface area contributed by atoms with Gasteiger partial charge in [-0.1, -0.05) is 0 Å². The number of alkyl halides is 4. The normalized spacial score (nSPS) is 15.7. The van der Waals surface area contributed by atoms with Gasteiger partial charge in [0.05, 0.1) is 12.5 Å². The molecule has 1 N–H and O–H groups in total. The third-order valence-corrected chi connectivity index (χ3v) is 1.24. The van der Waals surface area contributed by atoms with E-state index < -0.39 is 24.6 Å². The molecule has 0 rings (SSSR count). The monoisotopic (exact) mass is 162 g/mol. The van der Waals surface area contributed by atoms with E-state index in [9.17, 15) is 13.2 Å². The summed E-state index contributed by atoms with van der Waals surface area (Å²) in [6, 6.07) is 0. The molecule has 1 atom stereocenters. The molecule has 0 aliphatic rings. The fraction of sp³-hybridized carbons (Fsp3) is 1.00. The third kappa shape index (κ3) is 2.91. The lowest BCUT2D eigenvalue weighted by Gasteiger charge is -2.13. The first kappa shape index (κ1) is 9.04. The Morgan fingerprint density at radius 2 is 1.89 bits per heavy atom. The van der Waals surface area contributed by atoms with E-state index in [0.717, 1.165) is 0 Å². The van der Waals surface area contributed by atoms with Crippen LogP contribution in [0.2, 0.25) is 0 Å². The van der Waals surface area contributed by atoms with Crippen molar-refractivity contribution in [3.05, 3.63) is 0 Å². The van der Waals surface area contributed by atoms with Crippen LogP contribution in [-0.4, -0.2) is 23.8 Å². The summed E-state index contributed by atoms with van der Waals surface area (Å²) in [6.07, 6.45) is -4.36. The van der Waals surface area contributed by atoms with Gasteiger partial charge in [-0.2, -0.15) is 13.2 Å². The Bertz CT molecular complexity index is 78.4. The summed E-state index contributed by atoms with van der Waals surface area (Å²) in [5, 5.41) is 8.06. The number of halogens is 4. The molecule has 0 aromatic heterocycles. The van der Waals surface area contributed by atoms with E-state index in [1.54, 1.807) is 0 Å². The molecule has 1 unspecified atom stereocenters. The van der Waals surface area contributed by atoms with Crippen molar-refractivity contribution in [2.45, 2.75) is 6.18 Å². The predicted molar refractivity (Wildman–Crippen MR) is 27.4 cm³/mol. The highest BCUT2D eigenvalue weighted by Crippen LogP contribution is 2.26. The largest absolute Gasteiger partial charge is 0.396 e. The lowest BCUT2D eigenvalue weighted by atomic mass is 10.2. The predicted octanol–water partition coefficient (Wildman–Crippen LogP) is 1.40. The lowest BCUT2D eigenvalue weighted by molar-refractivity contribution is -0.177. The summed E-state index contributed by atoms with van der Waals surface area (Å²) >= 11 is 4.87. The van der Waals surface area contributed by atoms with Crippen molar-refractivity contribution in [2.24, 2.45) is 5.92 Å². The van der Waals surface area contributed by atoms with Gasteiger partial charge in [-0.15, -0.1) is 11.6 Å². The molecule has 0 saturated heterocycles. The molecule has 1 nitrogen and oxygen atoms in total. The molecular weight excluding hydrogens is 156 g/mol. The quantitative estimate of drug-likeness (QED) is 0.609. The molecule has 0 fully saturated rings. The molecule has 0 saturated carbocycles. The molecule has 0 bridgehead atoms. The van der Waals surface area contributed by atoms with Gasteiger partial charge in [0, 0.05) is 5.88 Å². The third-order valence-electron chi connectivity index (χ3n) is 0.870. The van der Waals surface area contributed by atoms with Crippen LogP contribution in [0.5, 0.6) is 0 Å². The minimum atomic E-state index is -4.36. The Balaban J connectivity index is 3.79. The number of hydrogen-bond donors (Lipinski definition) is 1. The van der Waals surface area contributed by atoms with Gasteiger partial charge in [0.25, 0.3) is 0 Å². The Labute approximate surface area is 55.4 Å². The van der Waals surface area contributed by atoms with Crippen molar-refractivity contribution >= 4 is 11.6 Å². The Hall–Kier alpha value is 0.0400. The molecule has 9 heavy (non-hydrogen) atoms. The van der Waals surface area contributed by atoms with Gasteiger partial charge >= 0.3 is 6.18 Å². The van der Waals surface area contributed by atoms with Crippen LogP contribution in [0.4, 0.5) is 13.2 Å². The number of hydrogen-bond acceptors (Lipinski definition) is 1. The molecular formula is C4H6ClF3O. The molecule has 0 spiro atoms. The van der Waals surface area contributed by atoms with Crippen molar-refractivity contribution < 1.29 is 18.3 Å². The molecule has 0 aliphatic carbocycles. The highest BCUT2D eigenvalue weighted by molar-refractivity contribution is 6.18. The van der Waals surface area contributed by atoms with E-state index in [2.05, 4.69) is 0 Å². The van der Waals surface area contributed by atoms with Gasteiger partial charge in [-0.3, -0.25) is 0 Å². The maximum Gasteiger partial charge on any atom is 0.395 e. The first-order valence-electron chi connectivity index (χ1n) is 2.26. The van der Waals surface area contributed by atoms with Crippen LogP contribution in [0, 0.1) is 5.92 Å². The molecule has 0 aliphatic heterocycles. The fourth-order valence-corrected chi connectivity index (χ4v) is 0.512. The van der Waals surface area contributed by atoms with Crippen LogP contribution in [-0.2, 0) is 0 Å². The smallest absolute Gasteiger partial charge is 0.395 e. The first-order chi connectivity index (χ1) is 4.02. The number of rotatable bonds is 2. The number of aliphatic hydroxyl groups excluding tert-OH is 1. The summed E-state index contributed by atoms with van der Waals surface area (Å²) in [7, 11) is 0. The zero-order valence-corrected chi connectivity index (χ0v) is 5.21. The molecule has 0 radical (unpaired) electrons. The van der Waals surface area contributed by atoms with E-state index in [-0.39, 0.29) is 0 Å². The Morgan fingerprint density at radius 3 is 1.89 bits per heavy atom. The van der Waals surface area contributed by atoms with E-state index >= 15 is 0 Å². The zero-order valence-electron chi connectivity index (χ0n) is 4.45. The molecule has 0 heterocycles. The van der Waals surface area contributed by atoms with Gasteiger partial charge in [-0.05, 0) is 0 Å². The van der Waals surface area contributed by atoms with Crippen LogP contribution in [0.3, 0.4) is 0 Å². The Morgan fingerprint density at radius 1 is 1.44 bits per heavy atom. The second-order valence-corrected chi connectivity index (χ2v) is 1.88. The van der Waals surface area contributed by atoms with E-state index in [1.807, 2.05) is 0 Å². The molecule has 0 aromatic rings. The summed E-state index contributed by atoms with van der Waals surface area (Å²) in [5.41, 5.74) is 0. The van der Waals surface area contributed by atoms with Crippen LogP contribution in [0.1, 0.15) is 0 Å².